The highest BCUT2D eigenvalue weighted by molar-refractivity contribution is 5.79. The maximum atomic E-state index is 11.9. The molecule has 3 heteroatoms. The molecule has 0 N–H and O–H groups in total. The van der Waals surface area contributed by atoms with Crippen LogP contribution in [0, 0.1) is 23.2 Å². The Bertz CT molecular complexity index is 257. The first kappa shape index (κ1) is 9.51. The summed E-state index contributed by atoms with van der Waals surface area (Å²) < 4.78 is 0. The van der Waals surface area contributed by atoms with Crippen LogP contribution in [0.1, 0.15) is 32.1 Å². The van der Waals surface area contributed by atoms with Crippen molar-refractivity contribution < 1.29 is 4.79 Å². The molecule has 76 valence electrons. The van der Waals surface area contributed by atoms with E-state index in [1.54, 1.807) is 0 Å². The third-order valence-electron chi connectivity index (χ3n) is 3.33. The SMILES string of the molecule is N#CC1CN(C(=O)C2CCCCC2)C1. The van der Waals surface area contributed by atoms with Crippen molar-refractivity contribution in [2.45, 2.75) is 32.1 Å². The summed E-state index contributed by atoms with van der Waals surface area (Å²) in [7, 11) is 0. The van der Waals surface area contributed by atoms with E-state index >= 15 is 0 Å². The second kappa shape index (κ2) is 4.00. The van der Waals surface area contributed by atoms with Gasteiger partial charge in [-0.3, -0.25) is 4.79 Å². The molecule has 0 spiro atoms. The summed E-state index contributed by atoms with van der Waals surface area (Å²) in [6.45, 7) is 1.34. The Kier molecular flexibility index (Phi) is 2.72. The summed E-state index contributed by atoms with van der Waals surface area (Å²) in [5.74, 6) is 0.669. The second-order valence-electron chi connectivity index (χ2n) is 4.40. The highest BCUT2D eigenvalue weighted by atomic mass is 16.2. The zero-order valence-corrected chi connectivity index (χ0v) is 8.41. The molecule has 0 bridgehead atoms. The summed E-state index contributed by atoms with van der Waals surface area (Å²) in [4.78, 5) is 13.7. The number of amides is 1. The van der Waals surface area contributed by atoms with Gasteiger partial charge in [0.25, 0.3) is 0 Å². The van der Waals surface area contributed by atoms with Gasteiger partial charge in [-0.15, -0.1) is 0 Å². The molecule has 0 aromatic rings. The minimum atomic E-state index is 0.0996. The van der Waals surface area contributed by atoms with E-state index in [9.17, 15) is 4.79 Å². The molecule has 0 atom stereocenters. The Morgan fingerprint density at radius 1 is 1.21 bits per heavy atom. The van der Waals surface area contributed by atoms with Gasteiger partial charge in [0.1, 0.15) is 0 Å². The first-order valence-corrected chi connectivity index (χ1v) is 5.49. The average Bonchev–Trinajstić information content (AvgIpc) is 2.17. The lowest BCUT2D eigenvalue weighted by Gasteiger charge is -2.38. The molecule has 1 aliphatic heterocycles. The average molecular weight is 192 g/mol. The molecule has 0 aromatic carbocycles. The van der Waals surface area contributed by atoms with Crippen LogP contribution in [0.3, 0.4) is 0 Å². The van der Waals surface area contributed by atoms with E-state index in [2.05, 4.69) is 6.07 Å². The molecular weight excluding hydrogens is 176 g/mol. The fourth-order valence-corrected chi connectivity index (χ4v) is 2.35. The van der Waals surface area contributed by atoms with Crippen LogP contribution in [-0.2, 0) is 4.79 Å². The van der Waals surface area contributed by atoms with Crippen molar-refractivity contribution in [3.63, 3.8) is 0 Å². The largest absolute Gasteiger partial charge is 0.340 e. The summed E-state index contributed by atoms with van der Waals surface area (Å²) >= 11 is 0. The second-order valence-corrected chi connectivity index (χ2v) is 4.40. The lowest BCUT2D eigenvalue weighted by molar-refractivity contribution is -0.141. The lowest BCUT2D eigenvalue weighted by atomic mass is 9.87. The molecule has 2 rings (SSSR count). The summed E-state index contributed by atoms with van der Waals surface area (Å²) in [6.07, 6.45) is 5.81. The molecule has 14 heavy (non-hydrogen) atoms. The van der Waals surface area contributed by atoms with Gasteiger partial charge in [0, 0.05) is 19.0 Å². The van der Waals surface area contributed by atoms with Crippen molar-refractivity contribution >= 4 is 5.91 Å². The molecule has 2 fully saturated rings. The molecule has 1 aliphatic carbocycles. The zero-order valence-electron chi connectivity index (χ0n) is 8.41. The van der Waals surface area contributed by atoms with Gasteiger partial charge in [-0.05, 0) is 12.8 Å². The van der Waals surface area contributed by atoms with Gasteiger partial charge in [-0.1, -0.05) is 19.3 Å². The molecule has 3 nitrogen and oxygen atoms in total. The van der Waals surface area contributed by atoms with Crippen LogP contribution in [0.25, 0.3) is 0 Å². The Labute approximate surface area is 84.7 Å². The minimum absolute atomic E-state index is 0.0996. The van der Waals surface area contributed by atoms with Crippen LogP contribution in [0.4, 0.5) is 0 Å². The molecule has 0 radical (unpaired) electrons. The summed E-state index contributed by atoms with van der Waals surface area (Å²) in [5, 5.41) is 8.61. The maximum Gasteiger partial charge on any atom is 0.225 e. The fraction of sp³-hybridized carbons (Fsp3) is 0.818. The van der Waals surface area contributed by atoms with Gasteiger partial charge in [-0.25, -0.2) is 0 Å². The summed E-state index contributed by atoms with van der Waals surface area (Å²) in [6, 6.07) is 2.20. The molecule has 0 aromatic heterocycles. The highest BCUT2D eigenvalue weighted by Crippen LogP contribution is 2.27. The number of carbonyl (C=O) groups excluding carboxylic acids is 1. The van der Waals surface area contributed by atoms with Crippen LogP contribution in [0.5, 0.6) is 0 Å². The van der Waals surface area contributed by atoms with E-state index in [-0.39, 0.29) is 11.8 Å². The molecule has 1 heterocycles. The van der Waals surface area contributed by atoms with Crippen molar-refractivity contribution in [3.8, 4) is 6.07 Å². The number of hydrogen-bond donors (Lipinski definition) is 0. The number of carbonyl (C=O) groups is 1. The van der Waals surface area contributed by atoms with Crippen LogP contribution in [0.15, 0.2) is 0 Å². The van der Waals surface area contributed by atoms with Crippen LogP contribution in [-0.4, -0.2) is 23.9 Å². The lowest BCUT2D eigenvalue weighted by Crippen LogP contribution is -2.51. The summed E-state index contributed by atoms with van der Waals surface area (Å²) in [5.41, 5.74) is 0. The number of rotatable bonds is 1. The van der Waals surface area contributed by atoms with Crippen molar-refractivity contribution in [3.05, 3.63) is 0 Å². The van der Waals surface area contributed by atoms with Crippen molar-refractivity contribution in [2.75, 3.05) is 13.1 Å². The van der Waals surface area contributed by atoms with E-state index in [4.69, 9.17) is 5.26 Å². The maximum absolute atomic E-state index is 11.9. The molecule has 0 unspecified atom stereocenters. The smallest absolute Gasteiger partial charge is 0.225 e. The van der Waals surface area contributed by atoms with E-state index in [0.717, 1.165) is 12.8 Å². The third kappa shape index (κ3) is 1.75. The van der Waals surface area contributed by atoms with Crippen LogP contribution >= 0.6 is 0 Å². The van der Waals surface area contributed by atoms with Gasteiger partial charge in [0.05, 0.1) is 12.0 Å². The van der Waals surface area contributed by atoms with Gasteiger partial charge < -0.3 is 4.90 Å². The predicted octanol–water partition coefficient (Wildman–Crippen LogP) is 1.55. The number of nitriles is 1. The molecule has 1 saturated carbocycles. The van der Waals surface area contributed by atoms with Crippen molar-refractivity contribution in [2.24, 2.45) is 11.8 Å². The van der Waals surface area contributed by atoms with Gasteiger partial charge in [0.15, 0.2) is 0 Å². The normalized spacial score (nSPS) is 24.1. The monoisotopic (exact) mass is 192 g/mol. The highest BCUT2D eigenvalue weighted by Gasteiger charge is 2.34. The Morgan fingerprint density at radius 3 is 2.43 bits per heavy atom. The van der Waals surface area contributed by atoms with E-state index in [1.807, 2.05) is 4.90 Å². The first-order chi connectivity index (χ1) is 6.81. The third-order valence-corrected chi connectivity index (χ3v) is 3.33. The standard InChI is InChI=1S/C11H16N2O/c12-6-9-7-13(8-9)11(14)10-4-2-1-3-5-10/h9-10H,1-5,7-8H2. The van der Waals surface area contributed by atoms with Crippen molar-refractivity contribution in [1.29, 1.82) is 5.26 Å². The quantitative estimate of drug-likeness (QED) is 0.632. The topological polar surface area (TPSA) is 44.1 Å². The minimum Gasteiger partial charge on any atom is -0.340 e. The number of likely N-dealkylation sites (tertiary alicyclic amines) is 1. The van der Waals surface area contributed by atoms with E-state index in [1.165, 1.54) is 19.3 Å². The Morgan fingerprint density at radius 2 is 1.86 bits per heavy atom. The van der Waals surface area contributed by atoms with Crippen LogP contribution in [0.2, 0.25) is 0 Å². The Balaban J connectivity index is 1.81. The molecule has 1 saturated heterocycles. The van der Waals surface area contributed by atoms with E-state index < -0.39 is 0 Å². The zero-order chi connectivity index (χ0) is 9.97. The van der Waals surface area contributed by atoms with Crippen LogP contribution < -0.4 is 0 Å². The Hall–Kier alpha value is -1.04. The number of nitrogens with zero attached hydrogens (tertiary/aromatic N) is 2. The van der Waals surface area contributed by atoms with Crippen molar-refractivity contribution in [1.82, 2.24) is 4.90 Å². The first-order valence-electron chi connectivity index (χ1n) is 5.49. The van der Waals surface area contributed by atoms with Gasteiger partial charge in [0.2, 0.25) is 5.91 Å². The van der Waals surface area contributed by atoms with Gasteiger partial charge >= 0.3 is 0 Å². The predicted molar refractivity (Wildman–Crippen MR) is 52.3 cm³/mol. The molecule has 2 aliphatic rings. The molecule has 1 amide bonds. The van der Waals surface area contributed by atoms with E-state index in [0.29, 0.717) is 19.0 Å². The van der Waals surface area contributed by atoms with Gasteiger partial charge in [-0.2, -0.15) is 5.26 Å². The fourth-order valence-electron chi connectivity index (χ4n) is 2.35. The molecular formula is C11H16N2O. The number of hydrogen-bond acceptors (Lipinski definition) is 2.